The molecular weight excluding hydrogens is 376 g/mol. The first-order valence-electron chi connectivity index (χ1n) is 10.3. The minimum absolute atomic E-state index is 0.186. The van der Waals surface area contributed by atoms with E-state index >= 15 is 0 Å². The number of hydrogen-bond donors (Lipinski definition) is 2. The van der Waals surface area contributed by atoms with Gasteiger partial charge in [-0.05, 0) is 62.9 Å². The number of hydrogen-bond acceptors (Lipinski definition) is 4. The van der Waals surface area contributed by atoms with Gasteiger partial charge in [-0.1, -0.05) is 17.7 Å². The monoisotopic (exact) mass is 408 g/mol. The lowest BCUT2D eigenvalue weighted by Gasteiger charge is -2.45. The second-order valence-electron chi connectivity index (χ2n) is 7.59. The molecule has 156 valence electrons. The number of methoxy groups -OCH3 is 1. The summed E-state index contributed by atoms with van der Waals surface area (Å²) >= 11 is 6.34. The van der Waals surface area contributed by atoms with Gasteiger partial charge in [-0.15, -0.1) is 0 Å². The van der Waals surface area contributed by atoms with Crippen molar-refractivity contribution >= 4 is 17.6 Å². The number of benzene rings is 1. The van der Waals surface area contributed by atoms with E-state index in [2.05, 4.69) is 20.5 Å². The molecule has 28 heavy (non-hydrogen) atoms. The van der Waals surface area contributed by atoms with Crippen molar-refractivity contribution in [3.63, 3.8) is 0 Å². The molecule has 0 atom stereocenters. The SMILES string of the molecule is CN=C(NCCc1ccc(OC)cc1Cl)NCC1(N2CCCC2)CCOCC1. The van der Waals surface area contributed by atoms with Gasteiger partial charge in [0, 0.05) is 43.9 Å². The molecule has 1 aromatic rings. The van der Waals surface area contributed by atoms with Crippen LogP contribution >= 0.6 is 11.6 Å². The van der Waals surface area contributed by atoms with Crippen LogP contribution < -0.4 is 15.4 Å². The van der Waals surface area contributed by atoms with Crippen molar-refractivity contribution in [2.45, 2.75) is 37.6 Å². The van der Waals surface area contributed by atoms with E-state index in [1.165, 1.54) is 25.9 Å². The van der Waals surface area contributed by atoms with E-state index in [4.69, 9.17) is 21.1 Å². The Labute approximate surface area is 173 Å². The zero-order chi connectivity index (χ0) is 19.8. The normalized spacial score (nSPS) is 20.2. The van der Waals surface area contributed by atoms with Gasteiger partial charge in [0.05, 0.1) is 7.11 Å². The summed E-state index contributed by atoms with van der Waals surface area (Å²) in [5.74, 6) is 1.62. The molecule has 0 bridgehead atoms. The topological polar surface area (TPSA) is 58.1 Å². The third kappa shape index (κ3) is 5.31. The summed E-state index contributed by atoms with van der Waals surface area (Å²) in [6.07, 6.45) is 5.60. The van der Waals surface area contributed by atoms with Crippen LogP contribution in [0.15, 0.2) is 23.2 Å². The Morgan fingerprint density at radius 2 is 2.00 bits per heavy atom. The predicted octanol–water partition coefficient (Wildman–Crippen LogP) is 2.70. The predicted molar refractivity (Wildman–Crippen MR) is 115 cm³/mol. The van der Waals surface area contributed by atoms with Crippen molar-refractivity contribution < 1.29 is 9.47 Å². The molecule has 0 amide bonds. The van der Waals surface area contributed by atoms with Crippen molar-refractivity contribution in [1.29, 1.82) is 0 Å². The maximum atomic E-state index is 6.34. The molecule has 0 aromatic heterocycles. The number of ether oxygens (including phenoxy) is 2. The molecule has 2 N–H and O–H groups in total. The molecule has 6 nitrogen and oxygen atoms in total. The third-order valence-corrected chi connectivity index (χ3v) is 6.31. The standard InChI is InChI=1S/C21H33ClN4O2/c1-23-20(24-10-7-17-5-6-18(27-2)15-19(17)22)25-16-21(8-13-28-14-9-21)26-11-3-4-12-26/h5-6,15H,3-4,7-14,16H2,1-2H3,(H2,23,24,25). The number of nitrogens with one attached hydrogen (secondary N) is 2. The summed E-state index contributed by atoms with van der Waals surface area (Å²) in [4.78, 5) is 7.06. The van der Waals surface area contributed by atoms with E-state index in [0.29, 0.717) is 0 Å². The summed E-state index contributed by atoms with van der Waals surface area (Å²) in [6.45, 7) is 5.76. The molecule has 2 aliphatic rings. The van der Waals surface area contributed by atoms with Crippen molar-refractivity contribution in [3.05, 3.63) is 28.8 Å². The number of rotatable bonds is 7. The zero-order valence-corrected chi connectivity index (χ0v) is 17.9. The first-order valence-corrected chi connectivity index (χ1v) is 10.6. The number of aliphatic imine (C=N–C) groups is 1. The average Bonchev–Trinajstić information content (AvgIpc) is 3.28. The van der Waals surface area contributed by atoms with E-state index in [9.17, 15) is 0 Å². The molecule has 0 radical (unpaired) electrons. The third-order valence-electron chi connectivity index (χ3n) is 5.96. The van der Waals surface area contributed by atoms with Gasteiger partial charge in [-0.3, -0.25) is 9.89 Å². The quantitative estimate of drug-likeness (QED) is 0.536. The van der Waals surface area contributed by atoms with E-state index in [0.717, 1.165) is 67.9 Å². The number of likely N-dealkylation sites (tertiary alicyclic amines) is 1. The molecule has 0 spiro atoms. The van der Waals surface area contributed by atoms with Crippen LogP contribution in [0.2, 0.25) is 5.02 Å². The Balaban J connectivity index is 1.51. The van der Waals surface area contributed by atoms with Gasteiger partial charge in [0.1, 0.15) is 5.75 Å². The molecule has 2 aliphatic heterocycles. The lowest BCUT2D eigenvalue weighted by Crippen LogP contribution is -2.58. The van der Waals surface area contributed by atoms with Crippen LogP contribution in [0, 0.1) is 0 Å². The molecule has 0 saturated carbocycles. The Kier molecular flexibility index (Phi) is 7.82. The van der Waals surface area contributed by atoms with Crippen LogP contribution in [0.25, 0.3) is 0 Å². The molecule has 3 rings (SSSR count). The first kappa shape index (κ1) is 21.2. The van der Waals surface area contributed by atoms with Gasteiger partial charge in [0.2, 0.25) is 0 Å². The highest BCUT2D eigenvalue weighted by molar-refractivity contribution is 6.31. The molecule has 2 fully saturated rings. The highest BCUT2D eigenvalue weighted by atomic mass is 35.5. The number of nitrogens with zero attached hydrogens (tertiary/aromatic N) is 2. The fourth-order valence-electron chi connectivity index (χ4n) is 4.19. The summed E-state index contributed by atoms with van der Waals surface area (Å²) in [6, 6.07) is 5.82. The molecule has 7 heteroatoms. The van der Waals surface area contributed by atoms with E-state index in [1.807, 2.05) is 25.2 Å². The molecule has 0 aliphatic carbocycles. The van der Waals surface area contributed by atoms with Gasteiger partial charge in [-0.2, -0.15) is 0 Å². The molecular formula is C21H33ClN4O2. The largest absolute Gasteiger partial charge is 0.497 e. The van der Waals surface area contributed by atoms with Crippen LogP contribution in [0.5, 0.6) is 5.75 Å². The number of halogens is 1. The lowest BCUT2D eigenvalue weighted by atomic mass is 9.88. The highest BCUT2D eigenvalue weighted by Gasteiger charge is 2.39. The van der Waals surface area contributed by atoms with Crippen molar-refractivity contribution in [1.82, 2.24) is 15.5 Å². The summed E-state index contributed by atoms with van der Waals surface area (Å²) in [5, 5.41) is 7.72. The van der Waals surface area contributed by atoms with Gasteiger partial charge in [0.15, 0.2) is 5.96 Å². The van der Waals surface area contributed by atoms with Crippen LogP contribution in [0.3, 0.4) is 0 Å². The maximum Gasteiger partial charge on any atom is 0.191 e. The summed E-state index contributed by atoms with van der Waals surface area (Å²) < 4.78 is 10.8. The van der Waals surface area contributed by atoms with Crippen molar-refractivity contribution in [3.8, 4) is 5.75 Å². The van der Waals surface area contributed by atoms with Crippen molar-refractivity contribution in [2.75, 3.05) is 53.6 Å². The van der Waals surface area contributed by atoms with Crippen LogP contribution in [0.1, 0.15) is 31.2 Å². The average molecular weight is 409 g/mol. The van der Waals surface area contributed by atoms with Gasteiger partial charge < -0.3 is 20.1 Å². The second-order valence-corrected chi connectivity index (χ2v) is 8.00. The van der Waals surface area contributed by atoms with Gasteiger partial charge in [-0.25, -0.2) is 0 Å². The van der Waals surface area contributed by atoms with Gasteiger partial charge >= 0.3 is 0 Å². The fourth-order valence-corrected chi connectivity index (χ4v) is 4.45. The molecule has 1 aromatic carbocycles. The number of guanidine groups is 1. The molecule has 2 saturated heterocycles. The van der Waals surface area contributed by atoms with Crippen LogP contribution in [-0.4, -0.2) is 69.9 Å². The Bertz CT molecular complexity index is 656. The van der Waals surface area contributed by atoms with Gasteiger partial charge in [0.25, 0.3) is 0 Å². The first-order chi connectivity index (χ1) is 13.7. The smallest absolute Gasteiger partial charge is 0.191 e. The Hall–Kier alpha value is -1.50. The highest BCUT2D eigenvalue weighted by Crippen LogP contribution is 2.30. The minimum Gasteiger partial charge on any atom is -0.497 e. The van der Waals surface area contributed by atoms with E-state index < -0.39 is 0 Å². The zero-order valence-electron chi connectivity index (χ0n) is 17.1. The molecule has 2 heterocycles. The Morgan fingerprint density at radius 1 is 1.25 bits per heavy atom. The van der Waals surface area contributed by atoms with E-state index in [-0.39, 0.29) is 5.54 Å². The maximum absolute atomic E-state index is 6.34. The summed E-state index contributed by atoms with van der Waals surface area (Å²) in [5.41, 5.74) is 1.29. The second kappa shape index (κ2) is 10.3. The molecule has 0 unspecified atom stereocenters. The van der Waals surface area contributed by atoms with Crippen LogP contribution in [-0.2, 0) is 11.2 Å². The Morgan fingerprint density at radius 3 is 2.64 bits per heavy atom. The minimum atomic E-state index is 0.186. The lowest BCUT2D eigenvalue weighted by molar-refractivity contribution is -0.0164. The van der Waals surface area contributed by atoms with Crippen molar-refractivity contribution in [2.24, 2.45) is 4.99 Å². The summed E-state index contributed by atoms with van der Waals surface area (Å²) in [7, 11) is 3.47. The fraction of sp³-hybridized carbons (Fsp3) is 0.667. The van der Waals surface area contributed by atoms with E-state index in [1.54, 1.807) is 7.11 Å². The van der Waals surface area contributed by atoms with Crippen LogP contribution in [0.4, 0.5) is 0 Å².